The lowest BCUT2D eigenvalue weighted by atomic mass is 9.75. The van der Waals surface area contributed by atoms with Gasteiger partial charge >= 0.3 is 0 Å². The molecule has 0 spiro atoms. The van der Waals surface area contributed by atoms with E-state index in [4.69, 9.17) is 0 Å². The summed E-state index contributed by atoms with van der Waals surface area (Å²) in [5, 5.41) is 0. The zero-order chi connectivity index (χ0) is 90.8. The Morgan fingerprint density at radius 2 is 0.425 bits per heavy atom. The third kappa shape index (κ3) is 12.9. The van der Waals surface area contributed by atoms with Crippen LogP contribution in [0.4, 0.5) is 34.1 Å². The van der Waals surface area contributed by atoms with Gasteiger partial charge in [0.15, 0.2) is 0 Å². The minimum atomic E-state index is -0.182. The lowest BCUT2D eigenvalue weighted by Crippen LogP contribution is -2.25. The van der Waals surface area contributed by atoms with Crippen LogP contribution in [0.1, 0.15) is 150 Å². The van der Waals surface area contributed by atoms with Crippen LogP contribution in [0.2, 0.25) is 0 Å². The van der Waals surface area contributed by atoms with Gasteiger partial charge in [-0.15, -0.1) is 0 Å². The Hall–Kier alpha value is -12.3. The highest BCUT2D eigenvalue weighted by Crippen LogP contribution is 2.66. The summed E-state index contributed by atoms with van der Waals surface area (Å²) < 4.78 is 0. The van der Waals surface area contributed by atoms with Crippen LogP contribution in [-0.2, 0) is 32.5 Å². The maximum Gasteiger partial charge on any atom is 0.0465 e. The van der Waals surface area contributed by atoms with Crippen molar-refractivity contribution in [1.29, 1.82) is 0 Å². The Morgan fingerprint density at radius 1 is 0.149 bits per heavy atom. The molecular formula is C126H98N2S6. The van der Waals surface area contributed by atoms with E-state index in [0.29, 0.717) is 0 Å². The molecule has 0 fully saturated rings. The van der Waals surface area contributed by atoms with Gasteiger partial charge in [-0.3, -0.25) is 0 Å². The van der Waals surface area contributed by atoms with Crippen molar-refractivity contribution >= 4 is 105 Å². The molecule has 0 amide bonds. The minimum absolute atomic E-state index is 0.0291. The van der Waals surface area contributed by atoms with E-state index >= 15 is 0 Å². The standard InChI is InChI=1S/C66H55NS2.C60H43NS4/c1-63(2)49-21-13-12-19-47(49)58-51(63)35-38-55-62(58)69-60-46(20-16-23-53(60)66(55,7)8)42-27-31-44(32-28-42)67(43-29-25-41(26-30-43)40-17-10-9-11-18-40)45-33-34-48-56(39-45)65(5,6)52-36-37-54-61(59(48)52)68-57-24-15-14-22-50(57)64(54,3)4;1-59(2)45-17-9-8-15-43(45)54-46(59)31-34-53-58(54)65-56-42(16-12-20-51(56)63-53)38-23-27-40(28-24-38)61(39-25-21-37(22-26-39)36-13-6-5-7-14-36)41-29-30-44-48(35-41)60(3,4)47-32-33-52-57(55(44)47)64-50-19-11-10-18-49(50)62-52/h9-39H,1-8H3;5-35H,1-4H3. The van der Waals surface area contributed by atoms with Crippen molar-refractivity contribution < 1.29 is 0 Å². The highest BCUT2D eigenvalue weighted by molar-refractivity contribution is 8.05. The van der Waals surface area contributed by atoms with E-state index in [1.54, 1.807) is 0 Å². The molecule has 0 saturated heterocycles. The van der Waals surface area contributed by atoms with Crippen molar-refractivity contribution in [2.75, 3.05) is 9.80 Å². The van der Waals surface area contributed by atoms with E-state index in [0.717, 1.165) is 34.1 Å². The maximum absolute atomic E-state index is 2.48. The highest BCUT2D eigenvalue weighted by atomic mass is 32.2. The molecule has 0 atom stereocenters. The second kappa shape index (κ2) is 31.1. The lowest BCUT2D eigenvalue weighted by molar-refractivity contribution is 0.604. The fraction of sp³-hybridized carbons (Fsp3) is 0.143. The van der Waals surface area contributed by atoms with Gasteiger partial charge in [-0.05, 0) is 243 Å². The number of hydrogen-bond donors (Lipinski definition) is 0. The van der Waals surface area contributed by atoms with Gasteiger partial charge in [0.25, 0.3) is 0 Å². The second-order valence-corrected chi connectivity index (χ2v) is 46.4. The highest BCUT2D eigenvalue weighted by Gasteiger charge is 2.47. The van der Waals surface area contributed by atoms with E-state index in [9.17, 15) is 0 Å². The summed E-state index contributed by atoms with van der Waals surface area (Å²) in [6.45, 7) is 28.8. The number of anilines is 6. The van der Waals surface area contributed by atoms with Gasteiger partial charge in [-0.25, -0.2) is 0 Å². The third-order valence-electron chi connectivity index (χ3n) is 30.4. The summed E-state index contributed by atoms with van der Waals surface area (Å²) in [4.78, 5) is 21.2. The number of rotatable bonds is 10. The van der Waals surface area contributed by atoms with Crippen LogP contribution < -0.4 is 9.80 Å². The lowest BCUT2D eigenvalue weighted by Gasteiger charge is -2.37. The Morgan fingerprint density at radius 3 is 0.910 bits per heavy atom. The fourth-order valence-corrected chi connectivity index (χ4v) is 31.4. The van der Waals surface area contributed by atoms with Gasteiger partial charge in [0.1, 0.15) is 0 Å². The molecule has 18 aromatic carbocycles. The van der Waals surface area contributed by atoms with Gasteiger partial charge in [0.2, 0.25) is 0 Å². The molecule has 0 radical (unpaired) electrons. The van der Waals surface area contributed by atoms with Crippen LogP contribution in [0, 0.1) is 0 Å². The molecule has 18 aromatic rings. The molecule has 134 heavy (non-hydrogen) atoms. The van der Waals surface area contributed by atoms with Crippen molar-refractivity contribution in [2.24, 2.45) is 0 Å². The number of benzene rings is 18. The van der Waals surface area contributed by atoms with Crippen molar-refractivity contribution in [3.63, 3.8) is 0 Å². The fourth-order valence-electron chi connectivity index (χ4n) is 23.2. The summed E-state index contributed by atoms with van der Waals surface area (Å²) in [5.74, 6) is 0. The summed E-state index contributed by atoms with van der Waals surface area (Å²) in [6.07, 6.45) is 0. The quantitative estimate of drug-likeness (QED) is 0.132. The molecular weight excluding hydrogens is 1730 g/mol. The van der Waals surface area contributed by atoms with Crippen LogP contribution >= 0.6 is 70.6 Å². The number of fused-ring (bicyclic) bond motifs is 24. The van der Waals surface area contributed by atoms with Gasteiger partial charge in [0, 0.05) is 148 Å². The molecule has 0 unspecified atom stereocenters. The summed E-state index contributed by atoms with van der Waals surface area (Å²) >= 11 is 11.6. The first-order chi connectivity index (χ1) is 65.0. The predicted octanol–water partition coefficient (Wildman–Crippen LogP) is 37.0. The van der Waals surface area contributed by atoms with Crippen LogP contribution in [0.25, 0.3) is 89.0 Å². The Balaban J connectivity index is 0.000000144. The van der Waals surface area contributed by atoms with E-state index in [-0.39, 0.29) is 32.5 Å². The molecule has 4 aliphatic heterocycles. The second-order valence-electron chi connectivity index (χ2n) is 40.1. The molecule has 0 aromatic heterocycles. The first-order valence-corrected chi connectivity index (χ1v) is 51.7. The molecule has 4 aliphatic carbocycles. The normalized spacial score (nSPS) is 15.8. The van der Waals surface area contributed by atoms with Gasteiger partial charge in [0.05, 0.1) is 0 Å². The van der Waals surface area contributed by atoms with Crippen LogP contribution in [0.3, 0.4) is 0 Å². The first kappa shape index (κ1) is 83.5. The molecule has 4 heterocycles. The van der Waals surface area contributed by atoms with Crippen molar-refractivity contribution in [2.45, 2.75) is 174 Å². The van der Waals surface area contributed by atoms with Crippen molar-refractivity contribution in [1.82, 2.24) is 0 Å². The molecule has 8 aliphatic rings. The molecule has 0 saturated carbocycles. The van der Waals surface area contributed by atoms with Crippen molar-refractivity contribution in [3.8, 4) is 89.0 Å². The third-order valence-corrected chi connectivity index (χ3v) is 38.2. The first-order valence-electron chi connectivity index (χ1n) is 46.8. The number of nitrogens with zero attached hydrogens (tertiary/aromatic N) is 2. The largest absolute Gasteiger partial charge is 0.310 e. The average Bonchev–Trinajstić information content (AvgIpc) is 1.56. The van der Waals surface area contributed by atoms with E-state index in [1.807, 2.05) is 70.6 Å². The van der Waals surface area contributed by atoms with Crippen LogP contribution in [0.15, 0.2) is 435 Å². The zero-order valence-electron chi connectivity index (χ0n) is 77.1. The molecule has 8 heteroatoms. The topological polar surface area (TPSA) is 6.48 Å². The van der Waals surface area contributed by atoms with Gasteiger partial charge in [-0.1, -0.05) is 421 Å². The average molecular weight is 1830 g/mol. The Bertz CT molecular complexity index is 7950. The number of hydrogen-bond acceptors (Lipinski definition) is 8. The predicted molar refractivity (Wildman–Crippen MR) is 569 cm³/mol. The minimum Gasteiger partial charge on any atom is -0.310 e. The zero-order valence-corrected chi connectivity index (χ0v) is 82.0. The monoisotopic (exact) mass is 1830 g/mol. The van der Waals surface area contributed by atoms with Crippen LogP contribution in [0.5, 0.6) is 0 Å². The molecule has 648 valence electrons. The summed E-state index contributed by atoms with van der Waals surface area (Å²) in [7, 11) is 0. The molecule has 0 bridgehead atoms. The SMILES string of the molecule is CC1(C)c2cc(N(c3ccc(-c4ccccc4)cc3)c3ccc(-c4cccc5c4Sc4c(ccc6c4-c4ccccc4C6(C)C)S5)cc3)ccc2-c2c1ccc1c2Sc2ccccc2S1.CC1(C)c2ccccc2Sc2c1ccc1c2-c2ccc(N(c3ccc(-c4ccccc4)cc3)c3ccc(-c4cccc5c4Sc4c(ccc6c4-c4ccccc4C6(C)C)C5(C)C)cc3)cc2C1(C)C. The van der Waals surface area contributed by atoms with Crippen molar-refractivity contribution in [3.05, 3.63) is 443 Å². The maximum atomic E-state index is 2.48. The molecule has 26 rings (SSSR count). The van der Waals surface area contributed by atoms with Crippen LogP contribution in [-0.4, -0.2) is 0 Å². The Kier molecular flexibility index (Phi) is 19.4. The smallest absolute Gasteiger partial charge is 0.0465 e. The summed E-state index contributed by atoms with van der Waals surface area (Å²) in [5.41, 5.74) is 44.0. The van der Waals surface area contributed by atoms with Gasteiger partial charge < -0.3 is 9.80 Å². The van der Waals surface area contributed by atoms with E-state index in [2.05, 4.69) is 469 Å². The molecule has 2 nitrogen and oxygen atoms in total. The van der Waals surface area contributed by atoms with E-state index < -0.39 is 0 Å². The summed E-state index contributed by atoms with van der Waals surface area (Å²) in [6, 6.07) is 142. The van der Waals surface area contributed by atoms with Gasteiger partial charge in [-0.2, -0.15) is 0 Å². The Labute approximate surface area is 813 Å². The molecule has 0 N–H and O–H groups in total. The van der Waals surface area contributed by atoms with E-state index in [1.165, 1.54) is 215 Å².